The van der Waals surface area contributed by atoms with Crippen molar-refractivity contribution in [1.82, 2.24) is 0 Å². The molecule has 0 aliphatic rings. The van der Waals surface area contributed by atoms with Crippen molar-refractivity contribution in [1.29, 1.82) is 0 Å². The van der Waals surface area contributed by atoms with Gasteiger partial charge in [-0.25, -0.2) is 17.6 Å². The van der Waals surface area contributed by atoms with Gasteiger partial charge in [0.1, 0.15) is 25.7 Å². The summed E-state index contributed by atoms with van der Waals surface area (Å²) in [5.41, 5.74) is 0. The van der Waals surface area contributed by atoms with Crippen LogP contribution in [-0.4, -0.2) is 44.7 Å². The zero-order valence-corrected chi connectivity index (χ0v) is 13.4. The molecule has 6 heteroatoms. The third-order valence-electron chi connectivity index (χ3n) is 3.01. The van der Waals surface area contributed by atoms with Crippen LogP contribution in [0.25, 0.3) is 0 Å². The molecule has 3 atom stereocenters. The molecule has 0 fully saturated rings. The van der Waals surface area contributed by atoms with Gasteiger partial charge in [-0.1, -0.05) is 25.4 Å². The summed E-state index contributed by atoms with van der Waals surface area (Å²) in [5, 5.41) is 0. The summed E-state index contributed by atoms with van der Waals surface area (Å²) in [5.74, 6) is 0.546. The van der Waals surface area contributed by atoms with Gasteiger partial charge in [-0.05, 0) is 18.0 Å². The zero-order chi connectivity index (χ0) is 13.1. The third-order valence-corrected chi connectivity index (χ3v) is 7.38. The molecule has 0 N–H and O–H groups in total. The summed E-state index contributed by atoms with van der Waals surface area (Å²) in [6, 6.07) is 2.96. The highest BCUT2D eigenvalue weighted by Gasteiger charge is 2.09. The van der Waals surface area contributed by atoms with Crippen molar-refractivity contribution >= 4 is 19.0 Å². The van der Waals surface area contributed by atoms with Crippen LogP contribution in [-0.2, 0) is 0 Å². The van der Waals surface area contributed by atoms with Crippen molar-refractivity contribution in [2.45, 2.75) is 49.9 Å². The lowest BCUT2D eigenvalue weighted by Crippen LogP contribution is -2.10. The van der Waals surface area contributed by atoms with Crippen LogP contribution in [0.2, 0.25) is 24.2 Å². The van der Waals surface area contributed by atoms with E-state index in [0.29, 0.717) is 18.0 Å². The van der Waals surface area contributed by atoms with E-state index in [2.05, 4.69) is 6.92 Å². The number of rotatable bonds is 11. The van der Waals surface area contributed by atoms with Crippen molar-refractivity contribution in [3.05, 3.63) is 0 Å². The van der Waals surface area contributed by atoms with Gasteiger partial charge in [0.25, 0.3) is 0 Å². The molecular formula is C11H24F4Si2. The van der Waals surface area contributed by atoms with E-state index in [4.69, 9.17) is 0 Å². The summed E-state index contributed by atoms with van der Waals surface area (Å²) in [7, 11) is -0.949. The average Bonchev–Trinajstić information content (AvgIpc) is 2.33. The molecule has 0 aliphatic heterocycles. The zero-order valence-electron chi connectivity index (χ0n) is 10.6. The summed E-state index contributed by atoms with van der Waals surface area (Å²) < 4.78 is 48.9. The van der Waals surface area contributed by atoms with Crippen molar-refractivity contribution in [3.8, 4) is 0 Å². The monoisotopic (exact) mass is 288 g/mol. The van der Waals surface area contributed by atoms with E-state index in [1.165, 1.54) is 0 Å². The molecule has 0 saturated carbocycles. The molecule has 0 amide bonds. The standard InChI is InChI=1S/C11H24F4Si2/c1-9(6-17-8-11(15)5-13)2-3-16-7-10(14)4-12/h9-11H,2-8,16-17H2,1H3. The Hall–Kier alpha value is 0.154. The van der Waals surface area contributed by atoms with E-state index >= 15 is 0 Å². The summed E-state index contributed by atoms with van der Waals surface area (Å²) in [6.45, 7) is 0.415. The predicted molar refractivity (Wildman–Crippen MR) is 71.8 cm³/mol. The van der Waals surface area contributed by atoms with Crippen LogP contribution >= 0.6 is 0 Å². The Morgan fingerprint density at radius 2 is 1.41 bits per heavy atom. The molecule has 0 aromatic rings. The molecular weight excluding hydrogens is 264 g/mol. The molecule has 17 heavy (non-hydrogen) atoms. The first kappa shape index (κ1) is 17.2. The minimum Gasteiger partial charge on any atom is -0.248 e. The Kier molecular flexibility index (Phi) is 11.4. The van der Waals surface area contributed by atoms with Crippen LogP contribution in [0, 0.1) is 5.92 Å². The normalized spacial score (nSPS) is 18.2. The van der Waals surface area contributed by atoms with E-state index in [0.717, 1.165) is 18.5 Å². The molecule has 0 aliphatic carbocycles. The molecule has 0 rings (SSSR count). The number of alkyl halides is 4. The predicted octanol–water partition coefficient (Wildman–Crippen LogP) is 2.64. The lowest BCUT2D eigenvalue weighted by Gasteiger charge is -2.11. The van der Waals surface area contributed by atoms with Gasteiger partial charge in [0.15, 0.2) is 0 Å². The average molecular weight is 288 g/mol. The van der Waals surface area contributed by atoms with E-state index < -0.39 is 44.7 Å². The fourth-order valence-corrected chi connectivity index (χ4v) is 5.54. The summed E-state index contributed by atoms with van der Waals surface area (Å²) in [4.78, 5) is 0. The number of hydrogen-bond donors (Lipinski definition) is 0. The quantitative estimate of drug-likeness (QED) is 0.311. The lowest BCUT2D eigenvalue weighted by molar-refractivity contribution is 0.280. The highest BCUT2D eigenvalue weighted by Crippen LogP contribution is 2.14. The SMILES string of the molecule is CC(CC[SiH2]CC(F)CF)C[SiH2]CC(F)CF. The molecule has 0 aromatic carbocycles. The van der Waals surface area contributed by atoms with Gasteiger partial charge >= 0.3 is 0 Å². The molecule has 0 nitrogen and oxygen atoms in total. The van der Waals surface area contributed by atoms with Crippen molar-refractivity contribution < 1.29 is 17.6 Å². The molecule has 104 valence electrons. The van der Waals surface area contributed by atoms with Gasteiger partial charge < -0.3 is 0 Å². The first-order valence-electron chi connectivity index (χ1n) is 6.50. The van der Waals surface area contributed by atoms with Gasteiger partial charge in [0.2, 0.25) is 0 Å². The first-order chi connectivity index (χ1) is 8.10. The van der Waals surface area contributed by atoms with Gasteiger partial charge in [0, 0.05) is 19.0 Å². The highest BCUT2D eigenvalue weighted by molar-refractivity contribution is 6.36. The summed E-state index contributed by atoms with van der Waals surface area (Å²) in [6.07, 6.45) is -1.45. The van der Waals surface area contributed by atoms with Crippen LogP contribution in [0.4, 0.5) is 17.6 Å². The van der Waals surface area contributed by atoms with Crippen LogP contribution in [0.3, 0.4) is 0 Å². The maximum absolute atomic E-state index is 12.6. The maximum Gasteiger partial charge on any atom is 0.126 e. The van der Waals surface area contributed by atoms with Gasteiger partial charge in [0.05, 0.1) is 0 Å². The number of halogens is 4. The minimum absolute atomic E-state index is 0.437. The van der Waals surface area contributed by atoms with Crippen molar-refractivity contribution in [2.75, 3.05) is 13.3 Å². The Morgan fingerprint density at radius 1 is 0.882 bits per heavy atom. The molecule has 0 spiro atoms. The Bertz CT molecular complexity index is 172. The Labute approximate surface area is 106 Å². The fourth-order valence-electron chi connectivity index (χ4n) is 1.85. The van der Waals surface area contributed by atoms with E-state index in [-0.39, 0.29) is 0 Å². The minimum atomic E-state index is -1.25. The molecule has 0 radical (unpaired) electrons. The largest absolute Gasteiger partial charge is 0.248 e. The van der Waals surface area contributed by atoms with Crippen molar-refractivity contribution in [3.63, 3.8) is 0 Å². The van der Waals surface area contributed by atoms with Crippen LogP contribution in [0.15, 0.2) is 0 Å². The molecule has 0 aromatic heterocycles. The van der Waals surface area contributed by atoms with E-state index in [1.807, 2.05) is 0 Å². The van der Waals surface area contributed by atoms with Crippen LogP contribution < -0.4 is 0 Å². The smallest absolute Gasteiger partial charge is 0.126 e. The van der Waals surface area contributed by atoms with E-state index in [1.54, 1.807) is 0 Å². The van der Waals surface area contributed by atoms with Gasteiger partial charge in [-0.15, -0.1) is 0 Å². The fraction of sp³-hybridized carbons (Fsp3) is 1.00. The highest BCUT2D eigenvalue weighted by atomic mass is 28.2. The number of hydrogen-bond acceptors (Lipinski definition) is 0. The lowest BCUT2D eigenvalue weighted by atomic mass is 10.2. The Morgan fingerprint density at radius 3 is 1.94 bits per heavy atom. The van der Waals surface area contributed by atoms with E-state index in [9.17, 15) is 17.6 Å². The first-order valence-corrected chi connectivity index (χ1v) is 10.5. The summed E-state index contributed by atoms with van der Waals surface area (Å²) >= 11 is 0. The Balaban J connectivity index is 3.31. The van der Waals surface area contributed by atoms with Crippen LogP contribution in [0.1, 0.15) is 13.3 Å². The molecule has 0 bridgehead atoms. The molecule has 0 saturated heterocycles. The van der Waals surface area contributed by atoms with Crippen molar-refractivity contribution in [2.24, 2.45) is 5.92 Å². The second-order valence-electron chi connectivity index (χ2n) is 4.82. The van der Waals surface area contributed by atoms with Gasteiger partial charge in [-0.3, -0.25) is 0 Å². The van der Waals surface area contributed by atoms with Crippen LogP contribution in [0.5, 0.6) is 0 Å². The second kappa shape index (κ2) is 11.3. The molecule has 0 heterocycles. The maximum atomic E-state index is 12.6. The third kappa shape index (κ3) is 11.0. The van der Waals surface area contributed by atoms with Gasteiger partial charge in [-0.2, -0.15) is 0 Å². The topological polar surface area (TPSA) is 0 Å². The second-order valence-corrected chi connectivity index (χ2v) is 8.68. The molecule has 3 unspecified atom stereocenters.